The van der Waals surface area contributed by atoms with Crippen LogP contribution in [0.4, 0.5) is 10.6 Å². The molecule has 1 spiro atoms. The van der Waals surface area contributed by atoms with Crippen molar-refractivity contribution in [2.45, 2.75) is 31.3 Å². The molecule has 0 bridgehead atoms. The van der Waals surface area contributed by atoms with E-state index in [-0.39, 0.29) is 11.7 Å². The molecule has 1 amide bonds. The third-order valence-corrected chi connectivity index (χ3v) is 4.29. The fraction of sp³-hybridized carbons (Fsp3) is 0.615. The van der Waals surface area contributed by atoms with Gasteiger partial charge < -0.3 is 15.4 Å². The molecule has 0 atom stereocenters. The van der Waals surface area contributed by atoms with E-state index in [4.69, 9.17) is 16.3 Å². The van der Waals surface area contributed by atoms with Gasteiger partial charge in [-0.3, -0.25) is 0 Å². The largest absolute Gasteiger partial charge is 0.441 e. The number of anilines is 1. The highest BCUT2D eigenvalue weighted by Gasteiger charge is 2.42. The molecule has 1 aliphatic carbocycles. The van der Waals surface area contributed by atoms with Gasteiger partial charge in [0.05, 0.1) is 6.54 Å². The van der Waals surface area contributed by atoms with Crippen molar-refractivity contribution < 1.29 is 9.53 Å². The fourth-order valence-corrected chi connectivity index (χ4v) is 2.95. The number of amides is 1. The highest BCUT2D eigenvalue weighted by molar-refractivity contribution is 6.29. The Hall–Kier alpha value is -1.56. The van der Waals surface area contributed by atoms with Crippen LogP contribution < -0.4 is 10.6 Å². The van der Waals surface area contributed by atoms with Gasteiger partial charge in [0, 0.05) is 6.54 Å². The van der Waals surface area contributed by atoms with Crippen LogP contribution in [-0.4, -0.2) is 35.0 Å². The molecule has 6 nitrogen and oxygen atoms in total. The van der Waals surface area contributed by atoms with Crippen LogP contribution in [0, 0.1) is 5.92 Å². The molecule has 0 radical (unpaired) electrons. The van der Waals surface area contributed by atoms with Gasteiger partial charge in [-0.05, 0) is 43.7 Å². The summed E-state index contributed by atoms with van der Waals surface area (Å²) in [6.07, 6.45) is 3.65. The summed E-state index contributed by atoms with van der Waals surface area (Å²) in [7, 11) is 0. The Morgan fingerprint density at radius 3 is 2.80 bits per heavy atom. The molecule has 108 valence electrons. The van der Waals surface area contributed by atoms with Crippen LogP contribution in [0.2, 0.25) is 5.15 Å². The van der Waals surface area contributed by atoms with Crippen LogP contribution in [0.1, 0.15) is 25.7 Å². The molecule has 1 saturated heterocycles. The number of alkyl carbamates (subject to hydrolysis) is 1. The number of aromatic nitrogens is 2. The lowest BCUT2D eigenvalue weighted by Gasteiger charge is -2.34. The molecule has 2 N–H and O–H groups in total. The number of nitrogens with zero attached hydrogens (tertiary/aromatic N) is 2. The van der Waals surface area contributed by atoms with Crippen molar-refractivity contribution in [3.8, 4) is 0 Å². The van der Waals surface area contributed by atoms with Gasteiger partial charge in [-0.15, -0.1) is 10.2 Å². The number of carbonyl (C=O) groups excluding carboxylic acids is 1. The van der Waals surface area contributed by atoms with Crippen LogP contribution >= 0.6 is 11.6 Å². The van der Waals surface area contributed by atoms with Crippen LogP contribution in [0.15, 0.2) is 12.1 Å². The van der Waals surface area contributed by atoms with Crippen molar-refractivity contribution in [2.75, 3.05) is 18.4 Å². The van der Waals surface area contributed by atoms with E-state index < -0.39 is 0 Å². The molecule has 0 unspecified atom stereocenters. The molecule has 1 aromatic heterocycles. The zero-order chi connectivity index (χ0) is 14.0. The summed E-state index contributed by atoms with van der Waals surface area (Å²) in [5.41, 5.74) is -0.256. The quantitative estimate of drug-likeness (QED) is 0.894. The van der Waals surface area contributed by atoms with Gasteiger partial charge in [0.2, 0.25) is 0 Å². The number of halogens is 1. The lowest BCUT2D eigenvalue weighted by Crippen LogP contribution is -2.38. The Bertz CT molecular complexity index is 486. The summed E-state index contributed by atoms with van der Waals surface area (Å²) in [4.78, 5) is 11.2. The molecule has 1 aliphatic heterocycles. The zero-order valence-corrected chi connectivity index (χ0v) is 11.8. The van der Waals surface area contributed by atoms with E-state index in [1.165, 1.54) is 0 Å². The van der Waals surface area contributed by atoms with Crippen LogP contribution in [0.25, 0.3) is 0 Å². The second-order valence-corrected chi connectivity index (χ2v) is 5.88. The first-order valence-electron chi connectivity index (χ1n) is 6.85. The molecule has 1 saturated carbocycles. The molecule has 3 rings (SSSR count). The maximum Gasteiger partial charge on any atom is 0.407 e. The average Bonchev–Trinajstić information content (AvgIpc) is 2.81. The molecule has 2 aliphatic rings. The number of hydrogen-bond acceptors (Lipinski definition) is 5. The lowest BCUT2D eigenvalue weighted by atomic mass is 9.79. The Balaban J connectivity index is 1.47. The molecule has 0 aromatic carbocycles. The minimum absolute atomic E-state index is 0.256. The third kappa shape index (κ3) is 2.95. The van der Waals surface area contributed by atoms with E-state index >= 15 is 0 Å². The van der Waals surface area contributed by atoms with Crippen molar-refractivity contribution in [1.29, 1.82) is 0 Å². The summed E-state index contributed by atoms with van der Waals surface area (Å²) >= 11 is 5.69. The number of ether oxygens (including phenoxy) is 1. The lowest BCUT2D eigenvalue weighted by molar-refractivity contribution is 0.0148. The Kier molecular flexibility index (Phi) is 3.65. The first-order chi connectivity index (χ1) is 9.65. The second kappa shape index (κ2) is 5.44. The molecular weight excluding hydrogens is 280 g/mol. The maximum absolute atomic E-state index is 11.2. The van der Waals surface area contributed by atoms with Crippen molar-refractivity contribution in [3.05, 3.63) is 17.3 Å². The molecule has 2 heterocycles. The highest BCUT2D eigenvalue weighted by atomic mass is 35.5. The summed E-state index contributed by atoms with van der Waals surface area (Å²) in [5, 5.41) is 14.2. The minimum Gasteiger partial charge on any atom is -0.441 e. The van der Waals surface area contributed by atoms with E-state index in [1.807, 2.05) is 6.07 Å². The predicted molar refractivity (Wildman–Crippen MR) is 74.7 cm³/mol. The molecule has 20 heavy (non-hydrogen) atoms. The smallest absolute Gasteiger partial charge is 0.407 e. The summed E-state index contributed by atoms with van der Waals surface area (Å²) in [6.45, 7) is 1.50. The average molecular weight is 297 g/mol. The van der Waals surface area contributed by atoms with Gasteiger partial charge in [0.15, 0.2) is 5.15 Å². The van der Waals surface area contributed by atoms with E-state index in [0.717, 1.165) is 38.0 Å². The van der Waals surface area contributed by atoms with Gasteiger partial charge >= 0.3 is 6.09 Å². The van der Waals surface area contributed by atoms with Crippen molar-refractivity contribution in [3.63, 3.8) is 0 Å². The number of hydrogen-bond donors (Lipinski definition) is 2. The molecular formula is C13H17ClN4O2. The maximum atomic E-state index is 11.2. The normalized spacial score (nSPS) is 29.1. The van der Waals surface area contributed by atoms with Gasteiger partial charge in [0.1, 0.15) is 11.4 Å². The highest BCUT2D eigenvalue weighted by Crippen LogP contribution is 2.36. The Labute approximate surface area is 122 Å². The third-order valence-electron chi connectivity index (χ3n) is 4.08. The topological polar surface area (TPSA) is 76.1 Å². The van der Waals surface area contributed by atoms with Gasteiger partial charge in [-0.2, -0.15) is 0 Å². The Morgan fingerprint density at radius 2 is 2.20 bits per heavy atom. The van der Waals surface area contributed by atoms with Crippen LogP contribution in [0.5, 0.6) is 0 Å². The number of rotatable bonds is 3. The van der Waals surface area contributed by atoms with E-state index in [1.54, 1.807) is 6.07 Å². The number of nitrogens with one attached hydrogen (secondary N) is 2. The monoisotopic (exact) mass is 296 g/mol. The first-order valence-corrected chi connectivity index (χ1v) is 7.23. The predicted octanol–water partition coefficient (Wildman–Crippen LogP) is 2.21. The van der Waals surface area contributed by atoms with Gasteiger partial charge in [-0.1, -0.05) is 11.6 Å². The summed E-state index contributed by atoms with van der Waals surface area (Å²) in [5.74, 6) is 1.31. The van der Waals surface area contributed by atoms with Gasteiger partial charge in [-0.25, -0.2) is 4.79 Å². The second-order valence-electron chi connectivity index (χ2n) is 5.49. The standard InChI is InChI=1S/C13H17ClN4O2/c14-10-1-2-11(18-17-10)15-7-9-3-5-13(6-4-9)8-16-12(19)20-13/h1-2,9H,3-8H2,(H,15,18)(H,16,19). The van der Waals surface area contributed by atoms with E-state index in [9.17, 15) is 4.79 Å². The van der Waals surface area contributed by atoms with Crippen molar-refractivity contribution in [2.24, 2.45) is 5.92 Å². The number of carbonyl (C=O) groups is 1. The van der Waals surface area contributed by atoms with Crippen LogP contribution in [0.3, 0.4) is 0 Å². The van der Waals surface area contributed by atoms with Crippen molar-refractivity contribution >= 4 is 23.5 Å². The molecule has 7 heteroatoms. The van der Waals surface area contributed by atoms with Gasteiger partial charge in [0.25, 0.3) is 0 Å². The molecule has 2 fully saturated rings. The minimum atomic E-state index is -0.280. The fourth-order valence-electron chi connectivity index (χ4n) is 2.85. The van der Waals surface area contributed by atoms with Crippen LogP contribution in [-0.2, 0) is 4.74 Å². The van der Waals surface area contributed by atoms with Crippen molar-refractivity contribution in [1.82, 2.24) is 15.5 Å². The first kappa shape index (κ1) is 13.4. The summed E-state index contributed by atoms with van der Waals surface area (Å²) in [6, 6.07) is 3.54. The van der Waals surface area contributed by atoms with E-state index in [2.05, 4.69) is 20.8 Å². The zero-order valence-electron chi connectivity index (χ0n) is 11.1. The molecule has 1 aromatic rings. The SMILES string of the molecule is O=C1NCC2(CCC(CNc3ccc(Cl)nn3)CC2)O1. The van der Waals surface area contributed by atoms with E-state index in [0.29, 0.717) is 17.6 Å². The Morgan fingerprint density at radius 1 is 1.40 bits per heavy atom. The summed E-state index contributed by atoms with van der Waals surface area (Å²) < 4.78 is 5.41.